The van der Waals surface area contributed by atoms with Crippen LogP contribution in [0.3, 0.4) is 0 Å². The Morgan fingerprint density at radius 1 is 1.06 bits per heavy atom. The minimum Gasteiger partial charge on any atom is -0.507 e. The van der Waals surface area contributed by atoms with Crippen LogP contribution in [-0.2, 0) is 14.8 Å². The molecule has 0 saturated carbocycles. The first kappa shape index (κ1) is 23.8. The molecule has 0 aliphatic rings. The third-order valence-corrected chi connectivity index (χ3v) is 6.43. The number of hydrazone groups is 1. The van der Waals surface area contributed by atoms with Crippen molar-refractivity contribution in [2.75, 3.05) is 17.5 Å². The molecule has 0 radical (unpaired) electrons. The van der Waals surface area contributed by atoms with Gasteiger partial charge in [0.15, 0.2) is 0 Å². The molecular weight excluding hydrogens is 442 g/mol. The van der Waals surface area contributed by atoms with Gasteiger partial charge in [-0.2, -0.15) is 5.10 Å². The maximum Gasteiger partial charge on any atom is 0.264 e. The van der Waals surface area contributed by atoms with Crippen LogP contribution in [0.1, 0.15) is 18.1 Å². The first-order chi connectivity index (χ1) is 15.8. The van der Waals surface area contributed by atoms with E-state index in [1.54, 1.807) is 61.5 Å². The number of aromatic hydroxyl groups is 1. The number of para-hydroxylation sites is 3. The molecule has 0 aromatic heterocycles. The average molecular weight is 468 g/mol. The molecule has 172 valence electrons. The predicted octanol–water partition coefficient (Wildman–Crippen LogP) is 3.44. The number of carbonyl (C=O) groups is 1. The van der Waals surface area contributed by atoms with Crippen LogP contribution in [-0.4, -0.2) is 38.8 Å². The van der Waals surface area contributed by atoms with E-state index >= 15 is 0 Å². The van der Waals surface area contributed by atoms with Crippen molar-refractivity contribution in [2.24, 2.45) is 5.10 Å². The van der Waals surface area contributed by atoms with Gasteiger partial charge in [-0.25, -0.2) is 13.8 Å². The number of sulfonamides is 1. The molecule has 3 aromatic rings. The summed E-state index contributed by atoms with van der Waals surface area (Å²) in [6.07, 6.45) is 1.28. The van der Waals surface area contributed by atoms with E-state index in [0.29, 0.717) is 17.9 Å². The summed E-state index contributed by atoms with van der Waals surface area (Å²) in [5.74, 6) is -0.324. The van der Waals surface area contributed by atoms with Crippen LogP contribution in [0.15, 0.2) is 82.8 Å². The number of carbonyl (C=O) groups excluding carboxylic acids is 1. The molecule has 0 unspecified atom stereocenters. The fourth-order valence-corrected chi connectivity index (χ4v) is 4.45. The summed E-state index contributed by atoms with van der Waals surface area (Å²) in [7, 11) is -4.09. The highest BCUT2D eigenvalue weighted by molar-refractivity contribution is 7.92. The van der Waals surface area contributed by atoms with Crippen LogP contribution in [0.4, 0.5) is 5.69 Å². The highest BCUT2D eigenvalue weighted by atomic mass is 32.2. The molecule has 0 atom stereocenters. The standard InChI is InChI=1S/C24H25N3O5S/c1-3-32-23-11-7-5-9-21(23)27(33(30,31)20-14-12-18(2)13-15-20)17-24(29)26-25-16-19-8-4-6-10-22(19)28/h4-16,28H,3,17H2,1-2H3,(H,26,29)/b25-16-. The van der Waals surface area contributed by atoms with Gasteiger partial charge < -0.3 is 9.84 Å². The van der Waals surface area contributed by atoms with Crippen LogP contribution >= 0.6 is 0 Å². The zero-order valence-corrected chi connectivity index (χ0v) is 19.1. The van der Waals surface area contributed by atoms with E-state index in [2.05, 4.69) is 10.5 Å². The van der Waals surface area contributed by atoms with Crippen LogP contribution in [0.25, 0.3) is 0 Å². The van der Waals surface area contributed by atoms with Crippen LogP contribution < -0.4 is 14.5 Å². The van der Waals surface area contributed by atoms with Gasteiger partial charge in [0.1, 0.15) is 18.0 Å². The van der Waals surface area contributed by atoms with Crippen molar-refractivity contribution in [3.63, 3.8) is 0 Å². The SMILES string of the molecule is CCOc1ccccc1N(CC(=O)N/N=C\c1ccccc1O)S(=O)(=O)c1ccc(C)cc1. The summed E-state index contributed by atoms with van der Waals surface area (Å²) in [4.78, 5) is 12.7. The van der Waals surface area contributed by atoms with Gasteiger partial charge in [-0.05, 0) is 50.2 Å². The fraction of sp³-hybridized carbons (Fsp3) is 0.167. The number of nitrogens with zero attached hydrogens (tertiary/aromatic N) is 2. The van der Waals surface area contributed by atoms with Gasteiger partial charge in [-0.1, -0.05) is 42.0 Å². The monoisotopic (exact) mass is 467 g/mol. The Hall–Kier alpha value is -3.85. The Bertz CT molecular complexity index is 1240. The molecule has 9 heteroatoms. The maximum absolute atomic E-state index is 13.5. The zero-order chi connectivity index (χ0) is 23.8. The number of aryl methyl sites for hydroxylation is 1. The Kier molecular flexibility index (Phi) is 7.68. The van der Waals surface area contributed by atoms with Crippen molar-refractivity contribution in [3.8, 4) is 11.5 Å². The zero-order valence-electron chi connectivity index (χ0n) is 18.3. The Morgan fingerprint density at radius 3 is 2.42 bits per heavy atom. The van der Waals surface area contributed by atoms with Gasteiger partial charge >= 0.3 is 0 Å². The maximum atomic E-state index is 13.5. The van der Waals surface area contributed by atoms with E-state index in [0.717, 1.165) is 9.87 Å². The van der Waals surface area contributed by atoms with Crippen LogP contribution in [0.2, 0.25) is 0 Å². The lowest BCUT2D eigenvalue weighted by atomic mass is 10.2. The van der Waals surface area contributed by atoms with E-state index in [1.165, 1.54) is 24.4 Å². The summed E-state index contributed by atoms with van der Waals surface area (Å²) >= 11 is 0. The second-order valence-electron chi connectivity index (χ2n) is 7.08. The largest absolute Gasteiger partial charge is 0.507 e. The first-order valence-electron chi connectivity index (χ1n) is 10.2. The van der Waals surface area contributed by atoms with Gasteiger partial charge in [0.2, 0.25) is 0 Å². The Morgan fingerprint density at radius 2 is 1.73 bits per heavy atom. The topological polar surface area (TPSA) is 108 Å². The molecule has 0 spiro atoms. The summed E-state index contributed by atoms with van der Waals surface area (Å²) < 4.78 is 33.6. The van der Waals surface area contributed by atoms with Crippen molar-refractivity contribution in [3.05, 3.63) is 83.9 Å². The molecular formula is C24H25N3O5S. The first-order valence-corrected chi connectivity index (χ1v) is 11.7. The summed E-state index contributed by atoms with van der Waals surface area (Å²) in [5.41, 5.74) is 3.87. The third kappa shape index (κ3) is 5.89. The van der Waals surface area contributed by atoms with Crippen LogP contribution in [0.5, 0.6) is 11.5 Å². The molecule has 0 heterocycles. The number of benzene rings is 3. The second kappa shape index (κ2) is 10.6. The molecule has 0 aliphatic carbocycles. The van der Waals surface area contributed by atoms with E-state index in [4.69, 9.17) is 4.74 Å². The summed E-state index contributed by atoms with van der Waals surface area (Å²) in [6, 6.07) is 19.5. The number of rotatable bonds is 9. The molecule has 3 rings (SSSR count). The quantitative estimate of drug-likeness (QED) is 0.370. The van der Waals surface area contributed by atoms with E-state index in [-0.39, 0.29) is 16.3 Å². The highest BCUT2D eigenvalue weighted by Gasteiger charge is 2.29. The van der Waals surface area contributed by atoms with Crippen molar-refractivity contribution in [1.82, 2.24) is 5.43 Å². The second-order valence-corrected chi connectivity index (χ2v) is 8.94. The number of hydrogen-bond acceptors (Lipinski definition) is 6. The Balaban J connectivity index is 1.91. The summed E-state index contributed by atoms with van der Waals surface area (Å²) in [6.45, 7) is 3.44. The molecule has 33 heavy (non-hydrogen) atoms. The fourth-order valence-electron chi connectivity index (χ4n) is 3.01. The normalized spacial score (nSPS) is 11.3. The number of nitrogens with one attached hydrogen (secondary N) is 1. The van der Waals surface area contributed by atoms with Gasteiger partial charge in [0.05, 0.1) is 23.4 Å². The molecule has 1 amide bonds. The molecule has 0 saturated heterocycles. The minimum atomic E-state index is -4.09. The van der Waals surface area contributed by atoms with Gasteiger partial charge in [0.25, 0.3) is 15.9 Å². The number of phenolic OH excluding ortho intramolecular Hbond substituents is 1. The van der Waals surface area contributed by atoms with Gasteiger partial charge in [-0.15, -0.1) is 0 Å². The van der Waals surface area contributed by atoms with Crippen LogP contribution in [0, 0.1) is 6.92 Å². The minimum absolute atomic E-state index is 0.00437. The lowest BCUT2D eigenvalue weighted by Crippen LogP contribution is -2.39. The smallest absolute Gasteiger partial charge is 0.264 e. The lowest BCUT2D eigenvalue weighted by Gasteiger charge is -2.25. The van der Waals surface area contributed by atoms with Gasteiger partial charge in [0, 0.05) is 5.56 Å². The molecule has 0 aliphatic heterocycles. The number of anilines is 1. The average Bonchev–Trinajstić information content (AvgIpc) is 2.80. The molecule has 0 fully saturated rings. The summed E-state index contributed by atoms with van der Waals surface area (Å²) in [5, 5.41) is 13.6. The third-order valence-electron chi connectivity index (χ3n) is 4.66. The van der Waals surface area contributed by atoms with E-state index in [9.17, 15) is 18.3 Å². The predicted molar refractivity (Wildman–Crippen MR) is 127 cm³/mol. The van der Waals surface area contributed by atoms with E-state index < -0.39 is 22.5 Å². The van der Waals surface area contributed by atoms with Crippen molar-refractivity contribution < 1.29 is 23.1 Å². The molecule has 8 nitrogen and oxygen atoms in total. The number of amides is 1. The Labute approximate surface area is 193 Å². The van der Waals surface area contributed by atoms with Crippen molar-refractivity contribution in [2.45, 2.75) is 18.7 Å². The lowest BCUT2D eigenvalue weighted by molar-refractivity contribution is -0.119. The number of phenols is 1. The van der Waals surface area contributed by atoms with E-state index in [1.807, 2.05) is 6.92 Å². The number of hydrogen-bond donors (Lipinski definition) is 2. The van der Waals surface area contributed by atoms with Crippen molar-refractivity contribution in [1.29, 1.82) is 0 Å². The van der Waals surface area contributed by atoms with Gasteiger partial charge in [-0.3, -0.25) is 9.10 Å². The van der Waals surface area contributed by atoms with Crippen molar-refractivity contribution >= 4 is 27.8 Å². The molecule has 3 aromatic carbocycles. The number of ether oxygens (including phenoxy) is 1. The molecule has 2 N–H and O–H groups in total. The molecule has 0 bridgehead atoms. The highest BCUT2D eigenvalue weighted by Crippen LogP contribution is 2.32.